The lowest BCUT2D eigenvalue weighted by molar-refractivity contribution is -0.0230. The summed E-state index contributed by atoms with van der Waals surface area (Å²) in [7, 11) is 1.79. The van der Waals surface area contributed by atoms with E-state index in [1.165, 1.54) is 4.57 Å². The predicted molar refractivity (Wildman–Crippen MR) is 126 cm³/mol. The van der Waals surface area contributed by atoms with E-state index in [9.17, 15) is 13.9 Å². The van der Waals surface area contributed by atoms with Crippen LogP contribution in [0.2, 0.25) is 0 Å². The summed E-state index contributed by atoms with van der Waals surface area (Å²) in [5, 5.41) is 21.3. The van der Waals surface area contributed by atoms with Crippen molar-refractivity contribution in [3.05, 3.63) is 30.2 Å². The second kappa shape index (κ2) is 8.15. The van der Waals surface area contributed by atoms with Crippen molar-refractivity contribution in [2.45, 2.75) is 58.2 Å². The highest BCUT2D eigenvalue weighted by Crippen LogP contribution is 2.38. The number of rotatable bonds is 7. The minimum Gasteiger partial charge on any atom is -0.390 e. The standard InChI is InChI=1S/C23H28F2N8O/c1-12-27-17-6-5-16(29-21(17)32(12)11-18(24)25)15-7-8-33-19(15)20(26-4)30-22(31-33)28-14-9-13(10-14)23(2,3)34/h5-8,13-14,18,34H,9-11H2,1-4H3,(H2,26,28,30,31). The third kappa shape index (κ3) is 3.93. The Hall–Kier alpha value is -3.34. The molecule has 0 radical (unpaired) electrons. The number of halogens is 2. The number of aliphatic hydroxyl groups is 1. The molecule has 1 aliphatic rings. The van der Waals surface area contributed by atoms with Crippen LogP contribution in [-0.2, 0) is 6.54 Å². The quantitative estimate of drug-likeness (QED) is 0.378. The third-order valence-corrected chi connectivity index (χ3v) is 6.60. The average Bonchev–Trinajstić information content (AvgIpc) is 3.29. The van der Waals surface area contributed by atoms with Gasteiger partial charge in [-0.15, -0.1) is 5.10 Å². The molecule has 1 fully saturated rings. The van der Waals surface area contributed by atoms with E-state index in [1.807, 2.05) is 32.2 Å². The zero-order valence-corrected chi connectivity index (χ0v) is 19.5. The smallest absolute Gasteiger partial charge is 0.256 e. The molecule has 34 heavy (non-hydrogen) atoms. The number of imidazole rings is 1. The first-order chi connectivity index (χ1) is 16.1. The van der Waals surface area contributed by atoms with Gasteiger partial charge in [-0.2, -0.15) is 4.98 Å². The summed E-state index contributed by atoms with van der Waals surface area (Å²) >= 11 is 0. The summed E-state index contributed by atoms with van der Waals surface area (Å²) in [6, 6.07) is 5.71. The zero-order chi connectivity index (χ0) is 24.2. The predicted octanol–water partition coefficient (Wildman–Crippen LogP) is 3.72. The van der Waals surface area contributed by atoms with E-state index in [1.54, 1.807) is 24.6 Å². The van der Waals surface area contributed by atoms with Gasteiger partial charge < -0.3 is 20.3 Å². The molecule has 5 rings (SSSR count). The molecule has 4 aromatic rings. The molecule has 0 aliphatic heterocycles. The molecule has 0 saturated heterocycles. The highest BCUT2D eigenvalue weighted by molar-refractivity contribution is 5.89. The van der Waals surface area contributed by atoms with Gasteiger partial charge in [-0.3, -0.25) is 0 Å². The summed E-state index contributed by atoms with van der Waals surface area (Å²) in [6.45, 7) is 4.92. The van der Waals surface area contributed by atoms with Crippen LogP contribution in [-0.4, -0.2) is 59.4 Å². The summed E-state index contributed by atoms with van der Waals surface area (Å²) in [5.41, 5.74) is 2.45. The van der Waals surface area contributed by atoms with Gasteiger partial charge in [-0.1, -0.05) is 0 Å². The number of anilines is 2. The minimum atomic E-state index is -2.50. The number of alkyl halides is 2. The fraction of sp³-hybridized carbons (Fsp3) is 0.478. The number of hydrogen-bond donors (Lipinski definition) is 3. The van der Waals surface area contributed by atoms with Crippen LogP contribution in [0.1, 0.15) is 32.5 Å². The molecule has 180 valence electrons. The molecule has 0 spiro atoms. The fourth-order valence-electron chi connectivity index (χ4n) is 4.58. The molecule has 3 N–H and O–H groups in total. The van der Waals surface area contributed by atoms with E-state index in [2.05, 4.69) is 30.7 Å². The first-order valence-corrected chi connectivity index (χ1v) is 11.3. The Morgan fingerprint density at radius 2 is 1.94 bits per heavy atom. The van der Waals surface area contributed by atoms with E-state index in [4.69, 9.17) is 0 Å². The van der Waals surface area contributed by atoms with Crippen molar-refractivity contribution in [3.63, 3.8) is 0 Å². The number of aryl methyl sites for hydroxylation is 1. The first kappa shape index (κ1) is 22.5. The molecule has 0 unspecified atom stereocenters. The molecule has 0 atom stereocenters. The zero-order valence-electron chi connectivity index (χ0n) is 19.5. The van der Waals surface area contributed by atoms with Crippen LogP contribution < -0.4 is 10.6 Å². The molecule has 4 aromatic heterocycles. The Labute approximate surface area is 195 Å². The summed E-state index contributed by atoms with van der Waals surface area (Å²) in [5.74, 6) is 1.86. The Kier molecular flexibility index (Phi) is 5.38. The highest BCUT2D eigenvalue weighted by atomic mass is 19.3. The molecule has 0 amide bonds. The van der Waals surface area contributed by atoms with Crippen molar-refractivity contribution in [1.29, 1.82) is 0 Å². The van der Waals surface area contributed by atoms with Crippen LogP contribution in [0.5, 0.6) is 0 Å². The van der Waals surface area contributed by atoms with E-state index >= 15 is 0 Å². The highest BCUT2D eigenvalue weighted by Gasteiger charge is 2.39. The fourth-order valence-corrected chi connectivity index (χ4v) is 4.58. The van der Waals surface area contributed by atoms with E-state index in [0.29, 0.717) is 34.4 Å². The van der Waals surface area contributed by atoms with Gasteiger partial charge in [0.1, 0.15) is 16.9 Å². The maximum Gasteiger partial charge on any atom is 0.256 e. The molecule has 11 heteroatoms. The van der Waals surface area contributed by atoms with Crippen molar-refractivity contribution in [2.75, 3.05) is 17.7 Å². The largest absolute Gasteiger partial charge is 0.390 e. The Balaban J connectivity index is 1.49. The Morgan fingerprint density at radius 3 is 2.62 bits per heavy atom. The van der Waals surface area contributed by atoms with E-state index in [0.717, 1.165) is 23.9 Å². The number of nitrogens with one attached hydrogen (secondary N) is 2. The van der Waals surface area contributed by atoms with Crippen molar-refractivity contribution in [3.8, 4) is 11.3 Å². The number of nitrogens with zero attached hydrogens (tertiary/aromatic N) is 6. The summed E-state index contributed by atoms with van der Waals surface area (Å²) in [6.07, 6.45) is 1.03. The monoisotopic (exact) mass is 470 g/mol. The normalized spacial score (nSPS) is 18.6. The molecule has 1 aliphatic carbocycles. The van der Waals surface area contributed by atoms with Crippen molar-refractivity contribution in [1.82, 2.24) is 29.1 Å². The molecular formula is C23H28F2N8O. The second-order valence-corrected chi connectivity index (χ2v) is 9.42. The second-order valence-electron chi connectivity index (χ2n) is 9.42. The minimum absolute atomic E-state index is 0.205. The number of hydrogen-bond acceptors (Lipinski definition) is 7. The van der Waals surface area contributed by atoms with Gasteiger partial charge in [0.25, 0.3) is 6.43 Å². The lowest BCUT2D eigenvalue weighted by Crippen LogP contribution is -2.46. The molecule has 9 nitrogen and oxygen atoms in total. The lowest BCUT2D eigenvalue weighted by atomic mass is 9.71. The number of fused-ring (bicyclic) bond motifs is 2. The molecule has 4 heterocycles. The van der Waals surface area contributed by atoms with Gasteiger partial charge in [-0.05, 0) is 57.7 Å². The van der Waals surface area contributed by atoms with Gasteiger partial charge in [0.05, 0.1) is 17.8 Å². The molecule has 0 bridgehead atoms. The average molecular weight is 471 g/mol. The van der Waals surface area contributed by atoms with Crippen LogP contribution in [0.4, 0.5) is 20.5 Å². The van der Waals surface area contributed by atoms with Crippen LogP contribution in [0.3, 0.4) is 0 Å². The maximum absolute atomic E-state index is 13.1. The van der Waals surface area contributed by atoms with Crippen molar-refractivity contribution >= 4 is 28.4 Å². The van der Waals surface area contributed by atoms with Gasteiger partial charge in [-0.25, -0.2) is 23.3 Å². The maximum atomic E-state index is 13.1. The van der Waals surface area contributed by atoms with Crippen molar-refractivity contribution < 1.29 is 13.9 Å². The van der Waals surface area contributed by atoms with Crippen LogP contribution in [0, 0.1) is 12.8 Å². The Bertz CT molecular complexity index is 1350. The van der Waals surface area contributed by atoms with Gasteiger partial charge in [0.2, 0.25) is 5.95 Å². The molecule has 0 aromatic carbocycles. The number of pyridine rings is 1. The lowest BCUT2D eigenvalue weighted by Gasteiger charge is -2.42. The number of aromatic nitrogens is 6. The topological polar surface area (TPSA) is 105 Å². The first-order valence-electron chi connectivity index (χ1n) is 11.3. The van der Waals surface area contributed by atoms with Gasteiger partial charge >= 0.3 is 0 Å². The van der Waals surface area contributed by atoms with Gasteiger partial charge in [0, 0.05) is 24.8 Å². The van der Waals surface area contributed by atoms with E-state index in [-0.39, 0.29) is 12.0 Å². The summed E-state index contributed by atoms with van der Waals surface area (Å²) < 4.78 is 29.4. The van der Waals surface area contributed by atoms with Crippen LogP contribution in [0.15, 0.2) is 24.4 Å². The van der Waals surface area contributed by atoms with Crippen molar-refractivity contribution in [2.24, 2.45) is 5.92 Å². The Morgan fingerprint density at radius 1 is 1.18 bits per heavy atom. The van der Waals surface area contributed by atoms with Crippen LogP contribution in [0.25, 0.3) is 27.9 Å². The molecular weight excluding hydrogens is 442 g/mol. The summed E-state index contributed by atoms with van der Waals surface area (Å²) in [4.78, 5) is 13.7. The third-order valence-electron chi connectivity index (χ3n) is 6.60. The SMILES string of the molecule is CNc1nc(NC2CC(C(C)(C)O)C2)nn2ccc(-c3ccc4nc(C)n(CC(F)F)c4n3)c12. The van der Waals surface area contributed by atoms with E-state index < -0.39 is 18.6 Å². The van der Waals surface area contributed by atoms with Gasteiger partial charge in [0.15, 0.2) is 11.5 Å². The molecule has 1 saturated carbocycles. The van der Waals surface area contributed by atoms with Crippen LogP contribution >= 0.6 is 0 Å².